The molecule has 1 N–H and O–H groups in total. The van der Waals surface area contributed by atoms with E-state index in [9.17, 15) is 9.59 Å². The molecule has 1 aliphatic rings. The van der Waals surface area contributed by atoms with Crippen LogP contribution in [0.1, 0.15) is 6.92 Å². The van der Waals surface area contributed by atoms with Gasteiger partial charge in [0.05, 0.1) is 32.4 Å². The molecule has 21 heavy (non-hydrogen) atoms. The number of carboxylic acid groups (broad SMARTS) is 1. The second-order valence-electron chi connectivity index (χ2n) is 4.92. The molecule has 0 aromatic carbocycles. The van der Waals surface area contributed by atoms with Crippen molar-refractivity contribution in [3.63, 3.8) is 0 Å². The summed E-state index contributed by atoms with van der Waals surface area (Å²) in [7, 11) is 3.14. The van der Waals surface area contributed by atoms with Crippen molar-refractivity contribution in [3.05, 3.63) is 0 Å². The molecule has 2 atom stereocenters. The molecule has 0 aliphatic carbocycles. The van der Waals surface area contributed by atoms with Gasteiger partial charge in [0.25, 0.3) is 0 Å². The Morgan fingerprint density at radius 1 is 1.43 bits per heavy atom. The zero-order chi connectivity index (χ0) is 15.8. The minimum absolute atomic E-state index is 0.0529. The first-order valence-electron chi connectivity index (χ1n) is 6.89. The average molecular weight is 304 g/mol. The summed E-state index contributed by atoms with van der Waals surface area (Å²) in [6.45, 7) is 3.78. The Morgan fingerprint density at radius 3 is 2.71 bits per heavy atom. The lowest BCUT2D eigenvalue weighted by Crippen LogP contribution is -2.55. The topological polar surface area (TPSA) is 88.5 Å². The largest absolute Gasteiger partial charge is 0.479 e. The fraction of sp³-hybridized carbons (Fsp3) is 0.846. The van der Waals surface area contributed by atoms with Crippen LogP contribution in [0.4, 0.5) is 4.79 Å². The number of aliphatic carboxylic acids is 1. The summed E-state index contributed by atoms with van der Waals surface area (Å²) in [4.78, 5) is 26.7. The van der Waals surface area contributed by atoms with Crippen LogP contribution in [0.15, 0.2) is 0 Å². The maximum absolute atomic E-state index is 12.6. The number of nitrogens with zero attached hydrogens (tertiary/aromatic N) is 2. The van der Waals surface area contributed by atoms with E-state index in [-0.39, 0.29) is 25.2 Å². The van der Waals surface area contributed by atoms with Gasteiger partial charge in [-0.3, -0.25) is 0 Å². The molecule has 0 radical (unpaired) electrons. The number of hydrogen-bond acceptors (Lipinski definition) is 5. The van der Waals surface area contributed by atoms with E-state index in [1.165, 1.54) is 4.90 Å². The Morgan fingerprint density at radius 2 is 2.14 bits per heavy atom. The van der Waals surface area contributed by atoms with Gasteiger partial charge in [0, 0.05) is 27.3 Å². The third-order valence-electron chi connectivity index (χ3n) is 3.33. The number of amides is 2. The van der Waals surface area contributed by atoms with E-state index < -0.39 is 12.1 Å². The highest BCUT2D eigenvalue weighted by Gasteiger charge is 2.32. The highest BCUT2D eigenvalue weighted by atomic mass is 16.5. The number of rotatable bonds is 7. The summed E-state index contributed by atoms with van der Waals surface area (Å²) >= 11 is 0. The summed E-state index contributed by atoms with van der Waals surface area (Å²) in [5.74, 6) is -1.05. The molecule has 2 unspecified atom stereocenters. The van der Waals surface area contributed by atoms with E-state index in [4.69, 9.17) is 19.3 Å². The second kappa shape index (κ2) is 8.81. The minimum Gasteiger partial charge on any atom is -0.479 e. The monoisotopic (exact) mass is 304 g/mol. The van der Waals surface area contributed by atoms with Gasteiger partial charge in [0.1, 0.15) is 0 Å². The second-order valence-corrected chi connectivity index (χ2v) is 4.92. The smallest absolute Gasteiger partial charge is 0.334 e. The Hall–Kier alpha value is -1.38. The number of methoxy groups -OCH3 is 2. The Labute approximate surface area is 124 Å². The molecule has 0 spiro atoms. The number of ether oxygens (including phenoxy) is 3. The van der Waals surface area contributed by atoms with Gasteiger partial charge in [-0.1, -0.05) is 0 Å². The molecule has 122 valence electrons. The molecule has 1 aliphatic heterocycles. The summed E-state index contributed by atoms with van der Waals surface area (Å²) in [6.07, 6.45) is -0.968. The quantitative estimate of drug-likeness (QED) is 0.705. The zero-order valence-corrected chi connectivity index (χ0v) is 12.8. The van der Waals surface area contributed by atoms with Crippen molar-refractivity contribution in [2.75, 3.05) is 53.7 Å². The van der Waals surface area contributed by atoms with Gasteiger partial charge in [0.2, 0.25) is 0 Å². The Bertz CT molecular complexity index is 352. The van der Waals surface area contributed by atoms with Crippen molar-refractivity contribution < 1.29 is 28.9 Å². The Balaban J connectivity index is 2.71. The lowest BCUT2D eigenvalue weighted by Gasteiger charge is -2.37. The van der Waals surface area contributed by atoms with Crippen molar-refractivity contribution in [3.8, 4) is 0 Å². The minimum atomic E-state index is -1.05. The normalized spacial score (nSPS) is 20.1. The number of urea groups is 1. The molecule has 8 nitrogen and oxygen atoms in total. The predicted octanol–water partition coefficient (Wildman–Crippen LogP) is -0.125. The van der Waals surface area contributed by atoms with E-state index >= 15 is 0 Å². The molecule has 8 heteroatoms. The Kier molecular flexibility index (Phi) is 7.41. The van der Waals surface area contributed by atoms with Crippen LogP contribution in [0, 0.1) is 0 Å². The van der Waals surface area contributed by atoms with Crippen LogP contribution >= 0.6 is 0 Å². The molecule has 2 amide bonds. The lowest BCUT2D eigenvalue weighted by atomic mass is 10.2. The molecule has 0 aromatic rings. The molecule has 1 rings (SSSR count). The molecule has 1 saturated heterocycles. The number of hydrogen-bond donors (Lipinski definition) is 1. The first-order valence-corrected chi connectivity index (χ1v) is 6.89. The standard InChI is InChI=1S/C13H24N2O6/c1-10(9-20-3)15(5-6-19-2)13(18)14-4-7-21-11(8-14)12(16)17/h10-11H,4-9H2,1-3H3,(H,16,17). The van der Waals surface area contributed by atoms with Crippen molar-refractivity contribution in [2.24, 2.45) is 0 Å². The van der Waals surface area contributed by atoms with Crippen LogP contribution in [-0.2, 0) is 19.0 Å². The average Bonchev–Trinajstić information content (AvgIpc) is 2.47. The van der Waals surface area contributed by atoms with E-state index in [0.717, 1.165) is 0 Å². The van der Waals surface area contributed by atoms with Gasteiger partial charge in [-0.15, -0.1) is 0 Å². The molecular formula is C13H24N2O6. The van der Waals surface area contributed by atoms with E-state index in [2.05, 4.69) is 0 Å². The fourth-order valence-corrected chi connectivity index (χ4v) is 2.18. The van der Waals surface area contributed by atoms with Gasteiger partial charge in [-0.2, -0.15) is 0 Å². The third-order valence-corrected chi connectivity index (χ3v) is 3.33. The lowest BCUT2D eigenvalue weighted by molar-refractivity contribution is -0.154. The van der Waals surface area contributed by atoms with Crippen LogP contribution in [0.2, 0.25) is 0 Å². The third kappa shape index (κ3) is 5.14. The van der Waals surface area contributed by atoms with Crippen LogP contribution < -0.4 is 0 Å². The van der Waals surface area contributed by atoms with Crippen LogP contribution in [0.5, 0.6) is 0 Å². The summed E-state index contributed by atoms with van der Waals surface area (Å²) in [5.41, 5.74) is 0. The fourth-order valence-electron chi connectivity index (χ4n) is 2.18. The van der Waals surface area contributed by atoms with Crippen LogP contribution in [0.25, 0.3) is 0 Å². The highest BCUT2D eigenvalue weighted by molar-refractivity contribution is 5.77. The van der Waals surface area contributed by atoms with Gasteiger partial charge >= 0.3 is 12.0 Å². The van der Waals surface area contributed by atoms with E-state index in [0.29, 0.717) is 26.3 Å². The number of morpholine rings is 1. The van der Waals surface area contributed by atoms with Crippen LogP contribution in [-0.4, -0.2) is 92.7 Å². The van der Waals surface area contributed by atoms with E-state index in [1.807, 2.05) is 6.92 Å². The van der Waals surface area contributed by atoms with Crippen molar-refractivity contribution >= 4 is 12.0 Å². The van der Waals surface area contributed by atoms with Crippen molar-refractivity contribution in [2.45, 2.75) is 19.1 Å². The number of carbonyl (C=O) groups excluding carboxylic acids is 1. The van der Waals surface area contributed by atoms with Crippen molar-refractivity contribution in [1.82, 2.24) is 9.80 Å². The van der Waals surface area contributed by atoms with Gasteiger partial charge in [0.15, 0.2) is 6.10 Å². The van der Waals surface area contributed by atoms with Crippen molar-refractivity contribution in [1.29, 1.82) is 0 Å². The van der Waals surface area contributed by atoms with Gasteiger partial charge in [-0.05, 0) is 6.92 Å². The predicted molar refractivity (Wildman–Crippen MR) is 74.3 cm³/mol. The molecule has 1 fully saturated rings. The molecular weight excluding hydrogens is 280 g/mol. The van der Waals surface area contributed by atoms with Crippen LogP contribution in [0.3, 0.4) is 0 Å². The summed E-state index contributed by atoms with van der Waals surface area (Å²) < 4.78 is 15.2. The van der Waals surface area contributed by atoms with E-state index in [1.54, 1.807) is 19.1 Å². The van der Waals surface area contributed by atoms with Gasteiger partial charge in [-0.25, -0.2) is 9.59 Å². The SMILES string of the molecule is COCCN(C(=O)N1CCOC(C(=O)O)C1)C(C)COC. The molecule has 0 bridgehead atoms. The summed E-state index contributed by atoms with van der Waals surface area (Å²) in [5, 5.41) is 8.99. The maximum Gasteiger partial charge on any atom is 0.334 e. The first-order chi connectivity index (χ1) is 10.0. The molecule has 1 heterocycles. The molecule has 0 saturated carbocycles. The van der Waals surface area contributed by atoms with Gasteiger partial charge < -0.3 is 29.1 Å². The first kappa shape index (κ1) is 17.7. The summed E-state index contributed by atoms with van der Waals surface area (Å²) in [6, 6.07) is -0.338. The number of carboxylic acids is 1. The maximum atomic E-state index is 12.6. The number of carbonyl (C=O) groups is 2. The molecule has 0 aromatic heterocycles. The zero-order valence-electron chi connectivity index (χ0n) is 12.8. The highest BCUT2D eigenvalue weighted by Crippen LogP contribution is 2.11.